The van der Waals surface area contributed by atoms with Gasteiger partial charge in [-0.2, -0.15) is 5.10 Å². The Morgan fingerprint density at radius 2 is 1.96 bits per heavy atom. The van der Waals surface area contributed by atoms with Crippen LogP contribution >= 0.6 is 23.5 Å². The molecule has 1 aromatic carbocycles. The van der Waals surface area contributed by atoms with E-state index < -0.39 is 0 Å². The Hall–Kier alpha value is -2.06. The molecule has 6 nitrogen and oxygen atoms in total. The van der Waals surface area contributed by atoms with Crippen LogP contribution in [0, 0.1) is 0 Å². The Morgan fingerprint density at radius 1 is 1.18 bits per heavy atom. The van der Waals surface area contributed by atoms with Crippen molar-refractivity contribution >= 4 is 40.5 Å². The SMILES string of the molecule is CCCCC(Sc1nc(SCCC)c2cnn(-c3ccccc3)c2n1)C(N)=O. The lowest BCUT2D eigenvalue weighted by molar-refractivity contribution is -0.117. The van der Waals surface area contributed by atoms with E-state index in [9.17, 15) is 4.79 Å². The molecule has 2 aromatic heterocycles. The summed E-state index contributed by atoms with van der Waals surface area (Å²) in [6, 6.07) is 9.90. The number of thioether (sulfide) groups is 2. The second-order valence-corrected chi connectivity index (χ2v) is 8.69. The maximum absolute atomic E-state index is 11.9. The smallest absolute Gasteiger partial charge is 0.231 e. The normalized spacial score (nSPS) is 12.4. The topological polar surface area (TPSA) is 86.7 Å². The van der Waals surface area contributed by atoms with Crippen LogP contribution in [0.15, 0.2) is 46.7 Å². The van der Waals surface area contributed by atoms with E-state index in [-0.39, 0.29) is 11.2 Å². The number of para-hydroxylation sites is 1. The molecular formula is C20H25N5OS2. The summed E-state index contributed by atoms with van der Waals surface area (Å²) in [7, 11) is 0. The minimum absolute atomic E-state index is 0.318. The summed E-state index contributed by atoms with van der Waals surface area (Å²) in [5.74, 6) is 0.642. The number of primary amides is 1. The fourth-order valence-electron chi connectivity index (χ4n) is 2.76. The van der Waals surface area contributed by atoms with Gasteiger partial charge in [0, 0.05) is 0 Å². The predicted molar refractivity (Wildman–Crippen MR) is 116 cm³/mol. The maximum atomic E-state index is 11.9. The number of carbonyl (C=O) groups excluding carboxylic acids is 1. The highest BCUT2D eigenvalue weighted by Crippen LogP contribution is 2.31. The fourth-order valence-corrected chi connectivity index (χ4v) is 4.60. The summed E-state index contributed by atoms with van der Waals surface area (Å²) in [5, 5.41) is 6.61. The number of hydrogen-bond donors (Lipinski definition) is 1. The lowest BCUT2D eigenvalue weighted by Crippen LogP contribution is -2.26. The Balaban J connectivity index is 2.03. The van der Waals surface area contributed by atoms with E-state index in [1.54, 1.807) is 11.8 Å². The molecule has 0 bridgehead atoms. The van der Waals surface area contributed by atoms with Gasteiger partial charge in [-0.25, -0.2) is 14.6 Å². The first-order valence-electron chi connectivity index (χ1n) is 9.54. The zero-order valence-corrected chi connectivity index (χ0v) is 17.8. The van der Waals surface area contributed by atoms with Gasteiger partial charge < -0.3 is 5.73 Å². The summed E-state index contributed by atoms with van der Waals surface area (Å²) in [5.41, 5.74) is 7.31. The molecular weight excluding hydrogens is 390 g/mol. The minimum atomic E-state index is -0.325. The second kappa shape index (κ2) is 9.93. The van der Waals surface area contributed by atoms with E-state index in [1.165, 1.54) is 11.8 Å². The van der Waals surface area contributed by atoms with E-state index in [1.807, 2.05) is 41.2 Å². The van der Waals surface area contributed by atoms with Crippen molar-refractivity contribution < 1.29 is 4.79 Å². The van der Waals surface area contributed by atoms with Crippen molar-refractivity contribution in [2.75, 3.05) is 5.75 Å². The van der Waals surface area contributed by atoms with Gasteiger partial charge in [-0.3, -0.25) is 4.79 Å². The predicted octanol–water partition coefficient (Wildman–Crippen LogP) is 4.45. The lowest BCUT2D eigenvalue weighted by Gasteiger charge is -2.12. The fraction of sp³-hybridized carbons (Fsp3) is 0.400. The Morgan fingerprint density at radius 3 is 2.64 bits per heavy atom. The standard InChI is InChI=1S/C20H25N5OS2/c1-3-5-11-16(17(21)26)28-20-23-18-15(19(24-20)27-12-4-2)13-22-25(18)14-9-7-6-8-10-14/h6-10,13,16H,3-5,11-12H2,1-2H3,(H2,21,26). The van der Waals surface area contributed by atoms with E-state index >= 15 is 0 Å². The molecule has 2 N–H and O–H groups in total. The third-order valence-electron chi connectivity index (χ3n) is 4.20. The first-order valence-corrected chi connectivity index (χ1v) is 11.4. The molecule has 0 aliphatic heterocycles. The van der Waals surface area contributed by atoms with Gasteiger partial charge in [0.05, 0.1) is 22.5 Å². The zero-order valence-electron chi connectivity index (χ0n) is 16.2. The van der Waals surface area contributed by atoms with Gasteiger partial charge in [-0.15, -0.1) is 11.8 Å². The Kier molecular flexibility index (Phi) is 7.33. The molecule has 1 unspecified atom stereocenters. The number of nitrogens with zero attached hydrogens (tertiary/aromatic N) is 4. The minimum Gasteiger partial charge on any atom is -0.369 e. The lowest BCUT2D eigenvalue weighted by atomic mass is 10.2. The summed E-state index contributed by atoms with van der Waals surface area (Å²) in [6.45, 7) is 4.24. The molecule has 28 heavy (non-hydrogen) atoms. The molecule has 0 spiro atoms. The van der Waals surface area contributed by atoms with Gasteiger partial charge in [0.25, 0.3) is 0 Å². The first-order chi connectivity index (χ1) is 13.6. The van der Waals surface area contributed by atoms with Gasteiger partial charge in [0.15, 0.2) is 10.8 Å². The van der Waals surface area contributed by atoms with Crippen LogP contribution in [-0.4, -0.2) is 36.7 Å². The van der Waals surface area contributed by atoms with Crippen molar-refractivity contribution in [2.45, 2.75) is 55.0 Å². The van der Waals surface area contributed by atoms with Crippen LogP contribution in [-0.2, 0) is 4.79 Å². The summed E-state index contributed by atoms with van der Waals surface area (Å²) >= 11 is 3.05. The highest BCUT2D eigenvalue weighted by molar-refractivity contribution is 8.00. The Bertz CT molecular complexity index is 929. The molecule has 1 atom stereocenters. The zero-order chi connectivity index (χ0) is 19.9. The molecule has 0 fully saturated rings. The van der Waals surface area contributed by atoms with Gasteiger partial charge in [0.2, 0.25) is 5.91 Å². The van der Waals surface area contributed by atoms with Crippen LogP contribution in [0.3, 0.4) is 0 Å². The summed E-state index contributed by atoms with van der Waals surface area (Å²) in [4.78, 5) is 21.4. The van der Waals surface area contributed by atoms with Crippen LogP contribution in [0.4, 0.5) is 0 Å². The number of benzene rings is 1. The third kappa shape index (κ3) is 4.86. The molecule has 0 saturated carbocycles. The number of rotatable bonds is 10. The van der Waals surface area contributed by atoms with Crippen LogP contribution in [0.25, 0.3) is 16.7 Å². The highest BCUT2D eigenvalue weighted by atomic mass is 32.2. The van der Waals surface area contributed by atoms with Crippen molar-refractivity contribution in [3.63, 3.8) is 0 Å². The van der Waals surface area contributed by atoms with Gasteiger partial charge in [-0.1, -0.05) is 56.7 Å². The van der Waals surface area contributed by atoms with Crippen molar-refractivity contribution in [3.8, 4) is 5.69 Å². The average Bonchev–Trinajstić information content (AvgIpc) is 3.13. The van der Waals surface area contributed by atoms with Crippen molar-refractivity contribution in [3.05, 3.63) is 36.5 Å². The monoisotopic (exact) mass is 415 g/mol. The van der Waals surface area contributed by atoms with Crippen LogP contribution in [0.2, 0.25) is 0 Å². The molecule has 0 radical (unpaired) electrons. The summed E-state index contributed by atoms with van der Waals surface area (Å²) in [6.07, 6.45) is 5.56. The van der Waals surface area contributed by atoms with Crippen molar-refractivity contribution in [1.82, 2.24) is 19.7 Å². The van der Waals surface area contributed by atoms with Crippen LogP contribution in [0.1, 0.15) is 39.5 Å². The van der Waals surface area contributed by atoms with Gasteiger partial charge in [-0.05, 0) is 30.7 Å². The highest BCUT2D eigenvalue weighted by Gasteiger charge is 2.21. The van der Waals surface area contributed by atoms with E-state index in [2.05, 4.69) is 18.9 Å². The van der Waals surface area contributed by atoms with Crippen molar-refractivity contribution in [1.29, 1.82) is 0 Å². The number of amides is 1. The quantitative estimate of drug-likeness (QED) is 0.299. The number of fused-ring (bicyclic) bond motifs is 1. The molecule has 2 heterocycles. The van der Waals surface area contributed by atoms with E-state index in [0.29, 0.717) is 5.16 Å². The Labute approximate surface area is 173 Å². The van der Waals surface area contributed by atoms with Crippen LogP contribution < -0.4 is 5.73 Å². The van der Waals surface area contributed by atoms with E-state index in [4.69, 9.17) is 15.7 Å². The molecule has 0 aliphatic rings. The van der Waals surface area contributed by atoms with Gasteiger partial charge >= 0.3 is 0 Å². The molecule has 8 heteroatoms. The van der Waals surface area contributed by atoms with E-state index in [0.717, 1.165) is 53.2 Å². The van der Waals surface area contributed by atoms with Crippen molar-refractivity contribution in [2.24, 2.45) is 5.73 Å². The second-order valence-electron chi connectivity index (χ2n) is 6.44. The number of nitrogens with two attached hydrogens (primary N) is 1. The molecule has 0 aliphatic carbocycles. The molecule has 3 aromatic rings. The largest absolute Gasteiger partial charge is 0.369 e. The number of hydrogen-bond acceptors (Lipinski definition) is 6. The summed E-state index contributed by atoms with van der Waals surface area (Å²) < 4.78 is 1.82. The number of carbonyl (C=O) groups is 1. The first kappa shape index (κ1) is 20.7. The van der Waals surface area contributed by atoms with Crippen LogP contribution in [0.5, 0.6) is 0 Å². The maximum Gasteiger partial charge on any atom is 0.231 e. The average molecular weight is 416 g/mol. The molecule has 3 rings (SSSR count). The molecule has 0 saturated heterocycles. The molecule has 1 amide bonds. The third-order valence-corrected chi connectivity index (χ3v) is 6.54. The number of unbranched alkanes of at least 4 members (excludes halogenated alkanes) is 1. The number of aromatic nitrogens is 4. The van der Waals surface area contributed by atoms with Gasteiger partial charge in [0.1, 0.15) is 5.03 Å². The molecule has 148 valence electrons.